The Kier molecular flexibility index (Phi) is 4.95. The van der Waals surface area contributed by atoms with Crippen molar-refractivity contribution >= 4 is 34.6 Å². The second-order valence-electron chi connectivity index (χ2n) is 7.18. The predicted molar refractivity (Wildman–Crippen MR) is 107 cm³/mol. The van der Waals surface area contributed by atoms with Gasteiger partial charge in [-0.15, -0.1) is 0 Å². The van der Waals surface area contributed by atoms with E-state index in [0.29, 0.717) is 42.4 Å². The van der Waals surface area contributed by atoms with Gasteiger partial charge in [0.15, 0.2) is 0 Å². The van der Waals surface area contributed by atoms with E-state index >= 15 is 0 Å². The number of nitrogens with one attached hydrogen (secondary N) is 1. The fraction of sp³-hybridized carbons (Fsp3) is 0.350. The molecule has 2 aliphatic rings. The molecule has 0 aliphatic carbocycles. The quantitative estimate of drug-likeness (QED) is 0.618. The van der Waals surface area contributed by atoms with Gasteiger partial charge < -0.3 is 15.0 Å². The summed E-state index contributed by atoms with van der Waals surface area (Å²) in [4.78, 5) is 25.2. The van der Waals surface area contributed by atoms with Crippen LogP contribution >= 0.6 is 11.6 Å². The van der Waals surface area contributed by atoms with Gasteiger partial charge in [-0.05, 0) is 42.7 Å². The summed E-state index contributed by atoms with van der Waals surface area (Å²) in [5.74, 6) is -0.0702. The minimum Gasteiger partial charge on any atom is -0.370 e. The Morgan fingerprint density at radius 3 is 2.86 bits per heavy atom. The van der Waals surface area contributed by atoms with Crippen LogP contribution in [0, 0.1) is 10.1 Å². The van der Waals surface area contributed by atoms with E-state index in [1.54, 1.807) is 18.2 Å². The number of aryl methyl sites for hydroxylation is 1. The standard InChI is InChI=1S/C20H20ClN3O4/c1-12-11-28-19(14-3-2-4-15(21)7-14)10-23(12)17-9-16-13(5-6-20(25)22-16)8-18(17)24(26)27/h2-4,7-9,12,19H,5-6,10-11H2,1H3,(H,22,25). The molecule has 2 aliphatic heterocycles. The van der Waals surface area contributed by atoms with Gasteiger partial charge in [0.25, 0.3) is 5.69 Å². The fourth-order valence-electron chi connectivity index (χ4n) is 3.78. The number of nitro benzene ring substituents is 1. The van der Waals surface area contributed by atoms with Gasteiger partial charge in [0, 0.05) is 35.8 Å². The topological polar surface area (TPSA) is 84.7 Å². The van der Waals surface area contributed by atoms with E-state index in [9.17, 15) is 14.9 Å². The Morgan fingerprint density at radius 2 is 2.11 bits per heavy atom. The van der Waals surface area contributed by atoms with E-state index in [1.807, 2.05) is 30.0 Å². The normalized spacial score (nSPS) is 21.8. The van der Waals surface area contributed by atoms with Crippen LogP contribution in [0.1, 0.15) is 30.6 Å². The monoisotopic (exact) mass is 401 g/mol. The molecular weight excluding hydrogens is 382 g/mol. The number of benzene rings is 2. The number of amides is 1. The molecule has 2 atom stereocenters. The van der Waals surface area contributed by atoms with Gasteiger partial charge >= 0.3 is 0 Å². The van der Waals surface area contributed by atoms with Crippen molar-refractivity contribution in [2.45, 2.75) is 31.9 Å². The molecule has 2 unspecified atom stereocenters. The number of nitrogens with zero attached hydrogens (tertiary/aromatic N) is 2. The first kappa shape index (κ1) is 18.7. The minimum atomic E-state index is -0.359. The van der Waals surface area contributed by atoms with Crippen molar-refractivity contribution in [1.29, 1.82) is 0 Å². The van der Waals surface area contributed by atoms with E-state index in [-0.39, 0.29) is 28.7 Å². The highest BCUT2D eigenvalue weighted by molar-refractivity contribution is 6.30. The summed E-state index contributed by atoms with van der Waals surface area (Å²) < 4.78 is 5.97. The summed E-state index contributed by atoms with van der Waals surface area (Å²) in [6.45, 7) is 2.85. The lowest BCUT2D eigenvalue weighted by Crippen LogP contribution is -2.45. The highest BCUT2D eigenvalue weighted by atomic mass is 35.5. The third kappa shape index (κ3) is 3.55. The molecule has 8 heteroatoms. The summed E-state index contributed by atoms with van der Waals surface area (Å²) in [7, 11) is 0. The molecule has 2 aromatic rings. The largest absolute Gasteiger partial charge is 0.370 e. The van der Waals surface area contributed by atoms with E-state index in [0.717, 1.165) is 11.1 Å². The van der Waals surface area contributed by atoms with Crippen molar-refractivity contribution in [2.75, 3.05) is 23.4 Å². The Bertz CT molecular complexity index is 949. The maximum atomic E-state index is 11.8. The van der Waals surface area contributed by atoms with E-state index in [1.165, 1.54) is 0 Å². The van der Waals surface area contributed by atoms with Crippen LogP contribution in [0.2, 0.25) is 5.02 Å². The number of hydrogen-bond acceptors (Lipinski definition) is 5. The first-order chi connectivity index (χ1) is 13.4. The van der Waals surface area contributed by atoms with Gasteiger partial charge in [-0.2, -0.15) is 0 Å². The number of morpholine rings is 1. The lowest BCUT2D eigenvalue weighted by molar-refractivity contribution is -0.384. The molecule has 0 spiro atoms. The zero-order valence-corrected chi connectivity index (χ0v) is 16.1. The maximum absolute atomic E-state index is 11.8. The van der Waals surface area contributed by atoms with Gasteiger partial charge in [0.2, 0.25) is 5.91 Å². The van der Waals surface area contributed by atoms with Gasteiger partial charge in [-0.1, -0.05) is 23.7 Å². The average molecular weight is 402 g/mol. The molecule has 0 radical (unpaired) electrons. The van der Waals surface area contributed by atoms with Crippen LogP contribution in [0.25, 0.3) is 0 Å². The van der Waals surface area contributed by atoms with Crippen LogP contribution in [0.3, 0.4) is 0 Å². The van der Waals surface area contributed by atoms with E-state index in [4.69, 9.17) is 16.3 Å². The van der Waals surface area contributed by atoms with Crippen LogP contribution < -0.4 is 10.2 Å². The van der Waals surface area contributed by atoms with Gasteiger partial charge in [0.1, 0.15) is 11.8 Å². The molecule has 28 heavy (non-hydrogen) atoms. The number of fused-ring (bicyclic) bond motifs is 1. The average Bonchev–Trinajstić information content (AvgIpc) is 2.67. The number of halogens is 1. The molecule has 4 rings (SSSR count). The molecule has 0 aromatic heterocycles. The second-order valence-corrected chi connectivity index (χ2v) is 7.62. The number of hydrogen-bond donors (Lipinski definition) is 1. The molecular formula is C20H20ClN3O4. The molecule has 7 nitrogen and oxygen atoms in total. The second kappa shape index (κ2) is 7.41. The van der Waals surface area contributed by atoms with Gasteiger partial charge in [-0.3, -0.25) is 14.9 Å². The Labute approximate surface area is 167 Å². The molecule has 1 fully saturated rings. The van der Waals surface area contributed by atoms with Crippen LogP contribution in [0.15, 0.2) is 36.4 Å². The van der Waals surface area contributed by atoms with Crippen molar-refractivity contribution in [3.63, 3.8) is 0 Å². The minimum absolute atomic E-state index is 0.0495. The van der Waals surface area contributed by atoms with Crippen molar-refractivity contribution in [1.82, 2.24) is 0 Å². The van der Waals surface area contributed by atoms with Crippen LogP contribution in [0.5, 0.6) is 0 Å². The number of carbonyl (C=O) groups is 1. The summed E-state index contributed by atoms with van der Waals surface area (Å²) >= 11 is 6.11. The van der Waals surface area contributed by atoms with Crippen LogP contribution in [0.4, 0.5) is 17.1 Å². The molecule has 1 saturated heterocycles. The molecule has 2 aromatic carbocycles. The summed E-state index contributed by atoms with van der Waals surface area (Å²) in [5.41, 5.74) is 2.91. The number of nitro groups is 1. The Hall–Kier alpha value is -2.64. The fourth-order valence-corrected chi connectivity index (χ4v) is 3.98. The van der Waals surface area contributed by atoms with Crippen molar-refractivity contribution in [2.24, 2.45) is 0 Å². The van der Waals surface area contributed by atoms with Crippen molar-refractivity contribution in [3.8, 4) is 0 Å². The molecule has 0 bridgehead atoms. The summed E-state index contributed by atoms with van der Waals surface area (Å²) in [6, 6.07) is 10.7. The lowest BCUT2D eigenvalue weighted by atomic mass is 9.99. The number of rotatable bonds is 3. The third-order valence-electron chi connectivity index (χ3n) is 5.26. The van der Waals surface area contributed by atoms with Crippen molar-refractivity contribution < 1.29 is 14.5 Å². The molecule has 1 N–H and O–H groups in total. The maximum Gasteiger partial charge on any atom is 0.292 e. The van der Waals surface area contributed by atoms with Crippen LogP contribution in [-0.4, -0.2) is 30.0 Å². The van der Waals surface area contributed by atoms with E-state index in [2.05, 4.69) is 5.32 Å². The molecule has 2 heterocycles. The molecule has 146 valence electrons. The smallest absolute Gasteiger partial charge is 0.292 e. The Morgan fingerprint density at radius 1 is 1.29 bits per heavy atom. The predicted octanol–water partition coefficient (Wildman–Crippen LogP) is 4.10. The molecule has 1 amide bonds. The summed E-state index contributed by atoms with van der Waals surface area (Å²) in [5, 5.41) is 15.2. The first-order valence-corrected chi connectivity index (χ1v) is 9.55. The van der Waals surface area contributed by atoms with E-state index < -0.39 is 0 Å². The van der Waals surface area contributed by atoms with Crippen molar-refractivity contribution in [3.05, 3.63) is 62.7 Å². The lowest BCUT2D eigenvalue weighted by Gasteiger charge is -2.39. The SMILES string of the molecule is CC1COC(c2cccc(Cl)c2)CN1c1cc2c(cc1[N+](=O)[O-])CCC(=O)N2. The highest BCUT2D eigenvalue weighted by Gasteiger charge is 2.33. The third-order valence-corrected chi connectivity index (χ3v) is 5.49. The van der Waals surface area contributed by atoms with Gasteiger partial charge in [-0.25, -0.2) is 0 Å². The zero-order chi connectivity index (χ0) is 19.8. The van der Waals surface area contributed by atoms with Crippen LogP contribution in [-0.2, 0) is 16.0 Å². The number of ether oxygens (including phenoxy) is 1. The zero-order valence-electron chi connectivity index (χ0n) is 15.4. The summed E-state index contributed by atoms with van der Waals surface area (Å²) in [6.07, 6.45) is 0.598. The first-order valence-electron chi connectivity index (χ1n) is 9.17. The van der Waals surface area contributed by atoms with Gasteiger partial charge in [0.05, 0.1) is 11.5 Å². The Balaban J connectivity index is 1.72. The molecule has 0 saturated carbocycles. The number of anilines is 2. The highest BCUT2D eigenvalue weighted by Crippen LogP contribution is 2.39. The number of carbonyl (C=O) groups excluding carboxylic acids is 1.